The standard InChI is InChI=1S/C51H34N2/c1-4-16-35(17-5-1)39-32-40(36-18-6-2-7-19-36)34-41(33-39)50-45-24-12-10-22-43(45)49(44-23-11-13-25-46(44)50)37-28-30-42(31-29-37)53-48-27-15-14-26-47(48)52-51(53)38-20-8-3-9-21-38/h1-34H/i3D,8D,9D,20D,21D. The van der Waals surface area contributed by atoms with Crippen LogP contribution in [-0.2, 0) is 0 Å². The Morgan fingerprint density at radius 3 is 1.42 bits per heavy atom. The fourth-order valence-corrected chi connectivity index (χ4v) is 7.71. The van der Waals surface area contributed by atoms with Gasteiger partial charge in [0, 0.05) is 11.3 Å². The normalized spacial score (nSPS) is 12.7. The van der Waals surface area contributed by atoms with E-state index in [9.17, 15) is 0 Å². The van der Waals surface area contributed by atoms with Crippen LogP contribution in [0.3, 0.4) is 0 Å². The van der Waals surface area contributed by atoms with Crippen molar-refractivity contribution in [3.05, 3.63) is 206 Å². The van der Waals surface area contributed by atoms with Gasteiger partial charge in [0.05, 0.1) is 17.9 Å². The van der Waals surface area contributed by atoms with E-state index in [1.807, 2.05) is 41.0 Å². The van der Waals surface area contributed by atoms with Gasteiger partial charge in [-0.15, -0.1) is 0 Å². The summed E-state index contributed by atoms with van der Waals surface area (Å²) in [5.41, 5.74) is 11.3. The van der Waals surface area contributed by atoms with E-state index in [1.54, 1.807) is 0 Å². The summed E-state index contributed by atoms with van der Waals surface area (Å²) in [7, 11) is 0. The Morgan fingerprint density at radius 2 is 0.849 bits per heavy atom. The van der Waals surface area contributed by atoms with Crippen LogP contribution in [0.15, 0.2) is 206 Å². The van der Waals surface area contributed by atoms with Gasteiger partial charge in [0.25, 0.3) is 0 Å². The van der Waals surface area contributed by atoms with Crippen molar-refractivity contribution in [1.82, 2.24) is 9.55 Å². The van der Waals surface area contributed by atoms with Crippen LogP contribution in [0.25, 0.3) is 94.2 Å². The Bertz CT molecular complexity index is 3070. The van der Waals surface area contributed by atoms with Crippen molar-refractivity contribution in [2.75, 3.05) is 0 Å². The Morgan fingerprint density at radius 1 is 0.377 bits per heavy atom. The minimum absolute atomic E-state index is 0.0607. The van der Waals surface area contributed by atoms with Crippen molar-refractivity contribution in [2.24, 2.45) is 0 Å². The lowest BCUT2D eigenvalue weighted by Gasteiger charge is -2.19. The molecule has 10 rings (SSSR count). The van der Waals surface area contributed by atoms with Gasteiger partial charge in [-0.1, -0.05) is 164 Å². The van der Waals surface area contributed by atoms with Crippen LogP contribution in [0.4, 0.5) is 0 Å². The van der Waals surface area contributed by atoms with Crippen LogP contribution in [0, 0.1) is 0 Å². The second-order valence-corrected chi connectivity index (χ2v) is 13.2. The second kappa shape index (κ2) is 12.9. The molecule has 2 nitrogen and oxygen atoms in total. The largest absolute Gasteiger partial charge is 0.292 e. The Balaban J connectivity index is 1.18. The number of fused-ring (bicyclic) bond motifs is 3. The van der Waals surface area contributed by atoms with Crippen LogP contribution in [-0.4, -0.2) is 9.55 Å². The first-order valence-corrected chi connectivity index (χ1v) is 17.7. The SMILES string of the molecule is [2H]c1c([2H])c([2H])c(-c2nc3ccccc3n2-c2ccc(-c3c4ccccc4c(-c4cc(-c5ccccc5)cc(-c5ccccc5)c4)c4ccccc34)cc2)c([2H])c1[2H]. The van der Waals surface area contributed by atoms with Crippen molar-refractivity contribution in [3.8, 4) is 61.6 Å². The average molecular weight is 680 g/mol. The molecule has 0 aliphatic carbocycles. The monoisotopic (exact) mass is 679 g/mol. The molecule has 0 bridgehead atoms. The van der Waals surface area contributed by atoms with Crippen LogP contribution in [0.2, 0.25) is 0 Å². The van der Waals surface area contributed by atoms with Gasteiger partial charge in [-0.2, -0.15) is 0 Å². The van der Waals surface area contributed by atoms with Gasteiger partial charge < -0.3 is 0 Å². The summed E-state index contributed by atoms with van der Waals surface area (Å²) in [5, 5.41) is 4.55. The molecule has 0 unspecified atom stereocenters. The summed E-state index contributed by atoms with van der Waals surface area (Å²) >= 11 is 0. The molecule has 0 atom stereocenters. The molecule has 0 amide bonds. The maximum Gasteiger partial charge on any atom is 0.145 e. The molecule has 0 aliphatic rings. The predicted molar refractivity (Wildman–Crippen MR) is 223 cm³/mol. The molecule has 9 aromatic carbocycles. The molecular weight excluding hydrogens is 641 g/mol. The van der Waals surface area contributed by atoms with E-state index in [-0.39, 0.29) is 17.6 Å². The zero-order chi connectivity index (χ0) is 39.5. The van der Waals surface area contributed by atoms with Gasteiger partial charge in [0.15, 0.2) is 0 Å². The highest BCUT2D eigenvalue weighted by Gasteiger charge is 2.19. The zero-order valence-corrected chi connectivity index (χ0v) is 28.6. The number of imidazole rings is 1. The maximum atomic E-state index is 8.77. The van der Waals surface area contributed by atoms with Gasteiger partial charge in [-0.3, -0.25) is 4.57 Å². The van der Waals surface area contributed by atoms with E-state index in [0.29, 0.717) is 11.3 Å². The molecule has 0 saturated carbocycles. The number of aromatic nitrogens is 2. The van der Waals surface area contributed by atoms with Crippen molar-refractivity contribution in [2.45, 2.75) is 0 Å². The fraction of sp³-hybridized carbons (Fsp3) is 0. The van der Waals surface area contributed by atoms with Crippen LogP contribution >= 0.6 is 0 Å². The van der Waals surface area contributed by atoms with Gasteiger partial charge >= 0.3 is 0 Å². The summed E-state index contributed by atoms with van der Waals surface area (Å²) in [5.74, 6) is 0.291. The topological polar surface area (TPSA) is 17.8 Å². The van der Waals surface area contributed by atoms with E-state index >= 15 is 0 Å². The Hall–Kier alpha value is -7.03. The summed E-state index contributed by atoms with van der Waals surface area (Å²) in [6.45, 7) is 0. The first-order valence-electron chi connectivity index (χ1n) is 20.2. The van der Waals surface area contributed by atoms with Crippen molar-refractivity contribution < 1.29 is 6.85 Å². The second-order valence-electron chi connectivity index (χ2n) is 13.2. The molecule has 248 valence electrons. The fourth-order valence-electron chi connectivity index (χ4n) is 7.71. The van der Waals surface area contributed by atoms with E-state index in [1.165, 1.54) is 5.56 Å². The smallest absolute Gasteiger partial charge is 0.145 e. The van der Waals surface area contributed by atoms with E-state index in [0.717, 1.165) is 71.7 Å². The predicted octanol–water partition coefficient (Wildman–Crippen LogP) is 13.7. The molecule has 0 radical (unpaired) electrons. The van der Waals surface area contributed by atoms with Crippen LogP contribution < -0.4 is 0 Å². The van der Waals surface area contributed by atoms with Crippen molar-refractivity contribution in [3.63, 3.8) is 0 Å². The number of benzene rings is 9. The van der Waals surface area contributed by atoms with Gasteiger partial charge in [-0.05, 0) is 109 Å². The third-order valence-corrected chi connectivity index (χ3v) is 10.1. The molecule has 1 aromatic heterocycles. The highest BCUT2D eigenvalue weighted by Crippen LogP contribution is 2.45. The summed E-state index contributed by atoms with van der Waals surface area (Å²) < 4.78 is 44.3. The molecule has 2 heteroatoms. The van der Waals surface area contributed by atoms with Crippen molar-refractivity contribution in [1.29, 1.82) is 0 Å². The molecule has 0 aliphatic heterocycles. The number of rotatable bonds is 6. The molecule has 1 heterocycles. The Labute approximate surface area is 315 Å². The Kier molecular flexibility index (Phi) is 6.31. The lowest BCUT2D eigenvalue weighted by molar-refractivity contribution is 1.10. The number of hydrogen-bond acceptors (Lipinski definition) is 1. The van der Waals surface area contributed by atoms with Gasteiger partial charge in [0.2, 0.25) is 0 Å². The van der Waals surface area contributed by atoms with Crippen LogP contribution in [0.5, 0.6) is 0 Å². The number of hydrogen-bond donors (Lipinski definition) is 0. The first-order chi connectivity index (χ1) is 28.4. The van der Waals surface area contributed by atoms with E-state index in [2.05, 4.69) is 140 Å². The number of nitrogens with zero attached hydrogens (tertiary/aromatic N) is 2. The summed E-state index contributed by atoms with van der Waals surface area (Å²) in [6, 6.07) is 59.3. The molecule has 0 spiro atoms. The zero-order valence-electron chi connectivity index (χ0n) is 33.6. The molecule has 53 heavy (non-hydrogen) atoms. The first kappa shape index (κ1) is 25.8. The van der Waals surface area contributed by atoms with E-state index in [4.69, 9.17) is 11.8 Å². The quantitative estimate of drug-likeness (QED) is 0.160. The third-order valence-electron chi connectivity index (χ3n) is 10.1. The lowest BCUT2D eigenvalue weighted by atomic mass is 9.84. The summed E-state index contributed by atoms with van der Waals surface area (Å²) in [4.78, 5) is 4.84. The molecule has 0 N–H and O–H groups in total. The lowest BCUT2D eigenvalue weighted by Crippen LogP contribution is -1.98. The van der Waals surface area contributed by atoms with Gasteiger partial charge in [-0.25, -0.2) is 4.98 Å². The number of para-hydroxylation sites is 2. The highest BCUT2D eigenvalue weighted by atomic mass is 15.1. The highest BCUT2D eigenvalue weighted by molar-refractivity contribution is 6.21. The average Bonchev–Trinajstić information content (AvgIpc) is 3.66. The van der Waals surface area contributed by atoms with Crippen LogP contribution in [0.1, 0.15) is 6.85 Å². The minimum Gasteiger partial charge on any atom is -0.292 e. The van der Waals surface area contributed by atoms with Crippen molar-refractivity contribution >= 4 is 32.6 Å². The summed E-state index contributed by atoms with van der Waals surface area (Å²) in [6.07, 6.45) is 0. The molecular formula is C51H34N2. The third kappa shape index (κ3) is 5.40. The van der Waals surface area contributed by atoms with E-state index < -0.39 is 18.1 Å². The molecule has 0 fully saturated rings. The minimum atomic E-state index is -0.434. The molecule has 0 saturated heterocycles. The maximum absolute atomic E-state index is 8.77. The van der Waals surface area contributed by atoms with Gasteiger partial charge in [0.1, 0.15) is 5.82 Å². The molecule has 10 aromatic rings.